The lowest BCUT2D eigenvalue weighted by Gasteiger charge is -2.32. The van der Waals surface area contributed by atoms with E-state index in [4.69, 9.17) is 14.6 Å². The highest BCUT2D eigenvalue weighted by Gasteiger charge is 2.31. The first-order valence-corrected chi connectivity index (χ1v) is 6.09. The summed E-state index contributed by atoms with van der Waals surface area (Å²) in [5.74, 6) is -1.25. The minimum atomic E-state index is -0.929. The van der Waals surface area contributed by atoms with Gasteiger partial charge in [0.2, 0.25) is 5.91 Å². The first kappa shape index (κ1) is 13.8. The van der Waals surface area contributed by atoms with Crippen LogP contribution in [-0.4, -0.2) is 78.4 Å². The lowest BCUT2D eigenvalue weighted by molar-refractivity contribution is -0.142. The number of carboxylic acids is 1. The summed E-state index contributed by atoms with van der Waals surface area (Å²) in [5, 5.41) is 8.71. The van der Waals surface area contributed by atoms with Crippen LogP contribution in [-0.2, 0) is 19.1 Å². The topological polar surface area (TPSA) is 96.4 Å². The molecule has 2 saturated heterocycles. The number of aliphatic carboxylic acids is 1. The van der Waals surface area contributed by atoms with Crippen molar-refractivity contribution in [1.29, 1.82) is 0 Å². The quantitative estimate of drug-likeness (QED) is 0.711. The Morgan fingerprint density at radius 2 is 2.11 bits per heavy atom. The maximum absolute atomic E-state index is 11.9. The van der Waals surface area contributed by atoms with Crippen LogP contribution in [0.25, 0.3) is 0 Å². The van der Waals surface area contributed by atoms with Gasteiger partial charge in [-0.05, 0) is 0 Å². The van der Waals surface area contributed by atoms with Gasteiger partial charge in [0, 0.05) is 13.1 Å². The van der Waals surface area contributed by atoms with Gasteiger partial charge in [-0.2, -0.15) is 0 Å². The Bertz CT molecular complexity index is 385. The standard InChI is InChI=1S/C11H16N2O6/c14-9(13-2-4-19-11(13)17)7-12-1-3-18-8(6-12)5-10(15)16/h8H,1-7H2,(H,15,16). The van der Waals surface area contributed by atoms with Crippen molar-refractivity contribution in [1.82, 2.24) is 9.80 Å². The van der Waals surface area contributed by atoms with Crippen molar-refractivity contribution >= 4 is 18.0 Å². The molecule has 0 bridgehead atoms. The average molecular weight is 272 g/mol. The van der Waals surface area contributed by atoms with Crippen molar-refractivity contribution in [3.63, 3.8) is 0 Å². The third kappa shape index (κ3) is 3.65. The van der Waals surface area contributed by atoms with Crippen LogP contribution < -0.4 is 0 Å². The third-order valence-electron chi connectivity index (χ3n) is 3.05. The normalized spacial score (nSPS) is 24.3. The van der Waals surface area contributed by atoms with E-state index >= 15 is 0 Å². The van der Waals surface area contributed by atoms with Gasteiger partial charge in [-0.1, -0.05) is 0 Å². The minimum Gasteiger partial charge on any atom is -0.481 e. The number of hydrogen-bond donors (Lipinski definition) is 1. The fourth-order valence-electron chi connectivity index (χ4n) is 2.14. The summed E-state index contributed by atoms with van der Waals surface area (Å²) >= 11 is 0. The second kappa shape index (κ2) is 5.98. The van der Waals surface area contributed by atoms with Crippen LogP contribution in [0.1, 0.15) is 6.42 Å². The number of ether oxygens (including phenoxy) is 2. The second-order valence-corrected chi connectivity index (χ2v) is 4.49. The van der Waals surface area contributed by atoms with E-state index in [1.165, 1.54) is 0 Å². The Morgan fingerprint density at radius 1 is 1.32 bits per heavy atom. The minimum absolute atomic E-state index is 0.0780. The highest BCUT2D eigenvalue weighted by atomic mass is 16.6. The number of carbonyl (C=O) groups excluding carboxylic acids is 2. The average Bonchev–Trinajstić information content (AvgIpc) is 2.75. The molecule has 1 unspecified atom stereocenters. The maximum atomic E-state index is 11.9. The van der Waals surface area contributed by atoms with Crippen LogP contribution in [0.4, 0.5) is 4.79 Å². The number of imide groups is 1. The molecular weight excluding hydrogens is 256 g/mol. The third-order valence-corrected chi connectivity index (χ3v) is 3.05. The van der Waals surface area contributed by atoms with Crippen LogP contribution in [0.5, 0.6) is 0 Å². The summed E-state index contributed by atoms with van der Waals surface area (Å²) in [5.41, 5.74) is 0. The second-order valence-electron chi connectivity index (χ2n) is 4.49. The molecular formula is C11H16N2O6. The van der Waals surface area contributed by atoms with E-state index in [-0.39, 0.29) is 32.0 Å². The zero-order valence-corrected chi connectivity index (χ0v) is 10.4. The molecule has 2 rings (SSSR count). The lowest BCUT2D eigenvalue weighted by atomic mass is 10.2. The summed E-state index contributed by atoms with van der Waals surface area (Å²) in [6.45, 7) is 1.89. The summed E-state index contributed by atoms with van der Waals surface area (Å²) in [6, 6.07) is 0. The van der Waals surface area contributed by atoms with Crippen LogP contribution in [0, 0.1) is 0 Å². The molecule has 2 fully saturated rings. The molecule has 2 heterocycles. The molecule has 0 aromatic heterocycles. The van der Waals surface area contributed by atoms with Crippen LogP contribution in [0.15, 0.2) is 0 Å². The molecule has 0 spiro atoms. The Balaban J connectivity index is 1.83. The molecule has 8 nitrogen and oxygen atoms in total. The molecule has 8 heteroatoms. The number of cyclic esters (lactones) is 1. The molecule has 1 atom stereocenters. The Hall–Kier alpha value is -1.67. The van der Waals surface area contributed by atoms with E-state index in [0.29, 0.717) is 19.7 Å². The highest BCUT2D eigenvalue weighted by molar-refractivity contribution is 5.94. The molecule has 2 aliphatic heterocycles. The Labute approximate surface area is 109 Å². The summed E-state index contributed by atoms with van der Waals surface area (Å²) < 4.78 is 10.0. The molecule has 1 N–H and O–H groups in total. The number of nitrogens with zero attached hydrogens (tertiary/aromatic N) is 2. The molecule has 106 valence electrons. The first-order valence-electron chi connectivity index (χ1n) is 6.09. The van der Waals surface area contributed by atoms with Crippen LogP contribution in [0.3, 0.4) is 0 Å². The molecule has 0 aromatic rings. The van der Waals surface area contributed by atoms with Gasteiger partial charge in [-0.3, -0.25) is 14.5 Å². The number of morpholine rings is 1. The lowest BCUT2D eigenvalue weighted by Crippen LogP contribution is -2.48. The summed E-state index contributed by atoms with van der Waals surface area (Å²) in [7, 11) is 0. The van der Waals surface area contributed by atoms with Crippen molar-refractivity contribution in [3.05, 3.63) is 0 Å². The number of carbonyl (C=O) groups is 3. The van der Waals surface area contributed by atoms with Gasteiger partial charge in [0.15, 0.2) is 0 Å². The van der Waals surface area contributed by atoms with Gasteiger partial charge in [0.25, 0.3) is 0 Å². The van der Waals surface area contributed by atoms with Crippen molar-refractivity contribution in [2.24, 2.45) is 0 Å². The van der Waals surface area contributed by atoms with Crippen molar-refractivity contribution in [2.45, 2.75) is 12.5 Å². The first-order chi connectivity index (χ1) is 9.06. The number of carboxylic acid groups (broad SMARTS) is 1. The van der Waals surface area contributed by atoms with Gasteiger partial charge in [0.1, 0.15) is 6.61 Å². The Kier molecular flexibility index (Phi) is 4.33. The fraction of sp³-hybridized carbons (Fsp3) is 0.727. The molecule has 0 aromatic carbocycles. The molecule has 19 heavy (non-hydrogen) atoms. The van der Waals surface area contributed by atoms with E-state index in [1.807, 2.05) is 0 Å². The van der Waals surface area contributed by atoms with Crippen LogP contribution in [0.2, 0.25) is 0 Å². The van der Waals surface area contributed by atoms with Crippen LogP contribution >= 0.6 is 0 Å². The predicted molar refractivity (Wildman–Crippen MR) is 61.5 cm³/mol. The fourth-order valence-corrected chi connectivity index (χ4v) is 2.14. The van der Waals surface area contributed by atoms with E-state index < -0.39 is 18.2 Å². The monoisotopic (exact) mass is 272 g/mol. The van der Waals surface area contributed by atoms with Gasteiger partial charge in [-0.25, -0.2) is 9.69 Å². The largest absolute Gasteiger partial charge is 0.481 e. The van der Waals surface area contributed by atoms with Gasteiger partial charge >= 0.3 is 12.1 Å². The van der Waals surface area contributed by atoms with Crippen molar-refractivity contribution < 1.29 is 29.0 Å². The smallest absolute Gasteiger partial charge is 0.416 e. The molecule has 0 saturated carbocycles. The summed E-state index contributed by atoms with van der Waals surface area (Å²) in [6.07, 6.45) is -1.11. The Morgan fingerprint density at radius 3 is 2.74 bits per heavy atom. The summed E-state index contributed by atoms with van der Waals surface area (Å²) in [4.78, 5) is 36.6. The van der Waals surface area contributed by atoms with Gasteiger partial charge < -0.3 is 14.6 Å². The van der Waals surface area contributed by atoms with Crippen molar-refractivity contribution in [3.8, 4) is 0 Å². The number of amides is 2. The predicted octanol–water partition coefficient (Wildman–Crippen LogP) is -0.859. The van der Waals surface area contributed by atoms with E-state index in [0.717, 1.165) is 4.90 Å². The molecule has 2 aliphatic rings. The molecule has 0 aliphatic carbocycles. The van der Waals surface area contributed by atoms with E-state index in [2.05, 4.69) is 0 Å². The molecule has 2 amide bonds. The van der Waals surface area contributed by atoms with E-state index in [1.54, 1.807) is 4.90 Å². The maximum Gasteiger partial charge on any atom is 0.416 e. The number of hydrogen-bond acceptors (Lipinski definition) is 6. The zero-order valence-electron chi connectivity index (χ0n) is 10.4. The van der Waals surface area contributed by atoms with Crippen molar-refractivity contribution in [2.75, 3.05) is 39.4 Å². The van der Waals surface area contributed by atoms with E-state index in [9.17, 15) is 14.4 Å². The highest BCUT2D eigenvalue weighted by Crippen LogP contribution is 2.10. The molecule has 0 radical (unpaired) electrons. The van der Waals surface area contributed by atoms with Gasteiger partial charge in [0.05, 0.1) is 32.2 Å². The SMILES string of the molecule is O=C(O)CC1CN(CC(=O)N2CCOC2=O)CCO1. The number of rotatable bonds is 4. The van der Waals surface area contributed by atoms with Gasteiger partial charge in [-0.15, -0.1) is 0 Å². The zero-order chi connectivity index (χ0) is 13.8.